The first-order chi connectivity index (χ1) is 34.3. The summed E-state index contributed by atoms with van der Waals surface area (Å²) >= 11 is 0. The van der Waals surface area contributed by atoms with Gasteiger partial charge in [-0.05, 0) is 124 Å². The maximum atomic E-state index is 13.4. The third kappa shape index (κ3) is 11.2. The van der Waals surface area contributed by atoms with Gasteiger partial charge in [-0.25, -0.2) is 4.68 Å². The zero-order chi connectivity index (χ0) is 49.8. The van der Waals surface area contributed by atoms with Gasteiger partial charge >= 0.3 is 0 Å². The number of piperidine rings is 1. The number of piperazine rings is 1. The van der Waals surface area contributed by atoms with E-state index in [4.69, 9.17) is 4.74 Å². The number of anilines is 2. The van der Waals surface area contributed by atoms with Gasteiger partial charge in [0.25, 0.3) is 17.4 Å². The van der Waals surface area contributed by atoms with Gasteiger partial charge in [-0.3, -0.25) is 43.9 Å². The van der Waals surface area contributed by atoms with E-state index in [1.165, 1.54) is 33.5 Å². The molecule has 9 rings (SSSR count). The second kappa shape index (κ2) is 21.7. The molecule has 4 aliphatic rings. The molecular formula is C54H64N10O7. The van der Waals surface area contributed by atoms with E-state index in [2.05, 4.69) is 103 Å². The molecule has 3 saturated heterocycles. The highest BCUT2D eigenvalue weighted by atomic mass is 16.5. The third-order valence-electron chi connectivity index (χ3n) is 14.5. The van der Waals surface area contributed by atoms with E-state index < -0.39 is 35.6 Å². The number of amides is 5. The van der Waals surface area contributed by atoms with Crippen LogP contribution in [0.5, 0.6) is 0 Å². The molecule has 0 radical (unpaired) electrons. The maximum absolute atomic E-state index is 13.4. The van der Waals surface area contributed by atoms with Gasteiger partial charge in [0, 0.05) is 81.5 Å². The molecule has 0 saturated carbocycles. The predicted octanol–water partition coefficient (Wildman–Crippen LogP) is 5.70. The maximum Gasteiger partial charge on any atom is 0.264 e. The fourth-order valence-corrected chi connectivity index (χ4v) is 10.5. The van der Waals surface area contributed by atoms with Crippen LogP contribution >= 0.6 is 0 Å². The summed E-state index contributed by atoms with van der Waals surface area (Å²) in [4.78, 5) is 88.5. The van der Waals surface area contributed by atoms with E-state index in [1.54, 1.807) is 12.3 Å². The molecule has 3 N–H and O–H groups in total. The molecule has 3 fully saturated rings. The minimum atomic E-state index is -1.10. The second-order valence-electron chi connectivity index (χ2n) is 19.6. The van der Waals surface area contributed by atoms with Crippen molar-refractivity contribution in [2.45, 2.75) is 117 Å². The Morgan fingerprint density at radius 2 is 1.65 bits per heavy atom. The third-order valence-corrected chi connectivity index (χ3v) is 14.5. The average Bonchev–Trinajstić information content (AvgIpc) is 3.91. The highest BCUT2D eigenvalue weighted by molar-refractivity contribution is 6.26. The van der Waals surface area contributed by atoms with Crippen molar-refractivity contribution in [2.75, 3.05) is 49.5 Å². The summed E-state index contributed by atoms with van der Waals surface area (Å²) < 4.78 is 7.54. The molecule has 3 atom stereocenters. The van der Waals surface area contributed by atoms with Crippen molar-refractivity contribution < 1.29 is 28.7 Å². The first kappa shape index (κ1) is 49.2. The number of benzene rings is 3. The van der Waals surface area contributed by atoms with Crippen LogP contribution in [0.1, 0.15) is 106 Å². The highest BCUT2D eigenvalue weighted by Crippen LogP contribution is 2.35. The molecule has 2 aromatic heterocycles. The van der Waals surface area contributed by atoms with Crippen LogP contribution < -0.4 is 21.1 Å². The zero-order valence-corrected chi connectivity index (χ0v) is 41.2. The molecule has 4 aliphatic heterocycles. The van der Waals surface area contributed by atoms with Crippen LogP contribution in [0.15, 0.2) is 77.7 Å². The molecule has 372 valence electrons. The van der Waals surface area contributed by atoms with E-state index in [9.17, 15) is 28.8 Å². The molecule has 5 aromatic rings. The van der Waals surface area contributed by atoms with Crippen LogP contribution in [0.4, 0.5) is 11.4 Å². The standard InChI is InChI=1S/C54H64N10O7/c1-5-42-29-41(20-26-71-42)63(32-44-35(3)27-36(4)55-51(44)67)47-28-39(15-12-34(47)2)38-16-13-37(14-17-38)30-61-24-22-60(23-25-61)21-7-6-9-40-31-62(59-58-40)33-49(66)56-45-11-8-10-43-50(45)54(70)64(53(43)69)46-18-19-48(65)57-52(46)68/h8,10-17,27-28,31,41-42,46H,5-7,9,18-26,29-30,32-33H2,1-4H3,(H,55,67)(H,56,66)(H,57,65,68). The first-order valence-electron chi connectivity index (χ1n) is 25.1. The second-order valence-corrected chi connectivity index (χ2v) is 19.6. The fraction of sp³-hybridized carbons (Fsp3) is 0.444. The molecule has 71 heavy (non-hydrogen) atoms. The Kier molecular flexibility index (Phi) is 15.0. The number of aryl methyl sites for hydroxylation is 4. The van der Waals surface area contributed by atoms with E-state index in [-0.39, 0.29) is 53.9 Å². The van der Waals surface area contributed by atoms with E-state index in [0.717, 1.165) is 123 Å². The number of nitrogens with zero attached hydrogens (tertiary/aromatic N) is 7. The lowest BCUT2D eigenvalue weighted by Crippen LogP contribution is -2.54. The van der Waals surface area contributed by atoms with Crippen molar-refractivity contribution in [3.05, 3.63) is 128 Å². The average molecular weight is 965 g/mol. The summed E-state index contributed by atoms with van der Waals surface area (Å²) in [5, 5.41) is 13.3. The van der Waals surface area contributed by atoms with Crippen molar-refractivity contribution in [1.82, 2.24) is 40.0 Å². The number of imide groups is 2. The number of carbonyl (C=O) groups is 5. The quantitative estimate of drug-likeness (QED) is 0.0761. The minimum absolute atomic E-state index is 0.0143. The molecule has 17 nitrogen and oxygen atoms in total. The van der Waals surface area contributed by atoms with Crippen LogP contribution in [0.3, 0.4) is 0 Å². The number of unbranched alkanes of at least 4 members (excludes halogenated alkanes) is 1. The summed E-state index contributed by atoms with van der Waals surface area (Å²) in [6.45, 7) is 15.3. The van der Waals surface area contributed by atoms with Gasteiger partial charge in [0.05, 0.1) is 28.6 Å². The number of fused-ring (bicyclic) bond motifs is 1. The smallest absolute Gasteiger partial charge is 0.264 e. The molecule has 17 heteroatoms. The Hall–Kier alpha value is -6.82. The van der Waals surface area contributed by atoms with Gasteiger partial charge < -0.3 is 24.8 Å². The number of ether oxygens (including phenoxy) is 1. The SMILES string of the molecule is CCC1CC(N(Cc2c(C)cc(C)[nH]c2=O)c2cc(-c3ccc(CN4CCN(CCCCc5cn(CC(=O)Nc6cccc7c6C(=O)N(C6CCC(=O)NC6=O)C7=O)nn5)CC4)cc3)ccc2C)CCO1. The Bertz CT molecular complexity index is 2870. The van der Waals surface area contributed by atoms with Crippen LogP contribution in [0.2, 0.25) is 0 Å². The normalized spacial score (nSPS) is 19.8. The lowest BCUT2D eigenvalue weighted by Gasteiger charge is -2.40. The molecule has 6 heterocycles. The Morgan fingerprint density at radius 1 is 0.873 bits per heavy atom. The largest absolute Gasteiger partial charge is 0.378 e. The van der Waals surface area contributed by atoms with E-state index in [1.807, 2.05) is 13.8 Å². The molecule has 3 aromatic carbocycles. The summed E-state index contributed by atoms with van der Waals surface area (Å²) in [5.74, 6) is -2.94. The molecule has 0 spiro atoms. The number of hydrogen-bond acceptors (Lipinski definition) is 12. The van der Waals surface area contributed by atoms with E-state index >= 15 is 0 Å². The topological polar surface area (TPSA) is 195 Å². The molecule has 3 unspecified atom stereocenters. The van der Waals surface area contributed by atoms with Crippen molar-refractivity contribution in [3.63, 3.8) is 0 Å². The van der Waals surface area contributed by atoms with Gasteiger partial charge in [0.2, 0.25) is 17.7 Å². The number of carbonyl (C=O) groups excluding carboxylic acids is 5. The number of aromatic amines is 1. The molecule has 0 bridgehead atoms. The fourth-order valence-electron chi connectivity index (χ4n) is 10.5. The zero-order valence-electron chi connectivity index (χ0n) is 41.2. The molecule has 5 amide bonds. The van der Waals surface area contributed by atoms with Crippen molar-refractivity contribution in [1.29, 1.82) is 0 Å². The highest BCUT2D eigenvalue weighted by Gasteiger charge is 2.46. The molecule has 0 aliphatic carbocycles. The Morgan fingerprint density at radius 3 is 2.41 bits per heavy atom. The number of aromatic nitrogens is 4. The number of rotatable bonds is 17. The number of hydrogen-bond donors (Lipinski definition) is 3. The van der Waals surface area contributed by atoms with Gasteiger partial charge in [-0.2, -0.15) is 0 Å². The van der Waals surface area contributed by atoms with Crippen molar-refractivity contribution in [3.8, 4) is 11.1 Å². The lowest BCUT2D eigenvalue weighted by molar-refractivity contribution is -0.136. The van der Waals surface area contributed by atoms with Gasteiger partial charge in [0.15, 0.2) is 0 Å². The van der Waals surface area contributed by atoms with Gasteiger partial charge in [-0.15, -0.1) is 5.10 Å². The van der Waals surface area contributed by atoms with Gasteiger partial charge in [0.1, 0.15) is 12.6 Å². The van der Waals surface area contributed by atoms with Crippen LogP contribution in [0, 0.1) is 20.8 Å². The predicted molar refractivity (Wildman–Crippen MR) is 269 cm³/mol. The summed E-state index contributed by atoms with van der Waals surface area (Å²) in [6.07, 6.45) is 7.49. The van der Waals surface area contributed by atoms with Crippen LogP contribution in [-0.4, -0.2) is 122 Å². The first-order valence-corrected chi connectivity index (χ1v) is 25.1. The number of H-pyrrole nitrogens is 1. The molecular weight excluding hydrogens is 901 g/mol. The summed E-state index contributed by atoms with van der Waals surface area (Å²) in [5.41, 5.74) is 9.70. The lowest BCUT2D eigenvalue weighted by atomic mass is 9.95. The van der Waals surface area contributed by atoms with Crippen molar-refractivity contribution in [2.24, 2.45) is 0 Å². The summed E-state index contributed by atoms with van der Waals surface area (Å²) in [7, 11) is 0. The van der Waals surface area contributed by atoms with Crippen molar-refractivity contribution >= 4 is 40.9 Å². The van der Waals surface area contributed by atoms with Crippen LogP contribution in [-0.2, 0) is 45.2 Å². The van der Waals surface area contributed by atoms with E-state index in [0.29, 0.717) is 6.54 Å². The monoisotopic (exact) mass is 964 g/mol. The Balaban J connectivity index is 0.724. The van der Waals surface area contributed by atoms with Crippen LogP contribution in [0.25, 0.3) is 11.1 Å². The number of pyridine rings is 1. The number of nitrogens with one attached hydrogen (secondary N) is 3. The van der Waals surface area contributed by atoms with Gasteiger partial charge in [-0.1, -0.05) is 54.6 Å². The summed E-state index contributed by atoms with van der Waals surface area (Å²) in [6, 6.07) is 21.5. The minimum Gasteiger partial charge on any atom is -0.378 e. The Labute approximate surface area is 413 Å².